The number of hydrogen-bond acceptors (Lipinski definition) is 5. The third-order valence-electron chi connectivity index (χ3n) is 5.94. The zero-order valence-electron chi connectivity index (χ0n) is 19.4. The molecule has 0 unspecified atom stereocenters. The van der Waals surface area contributed by atoms with Crippen molar-refractivity contribution in [3.63, 3.8) is 0 Å². The van der Waals surface area contributed by atoms with Gasteiger partial charge in [-0.1, -0.05) is 31.5 Å². The van der Waals surface area contributed by atoms with E-state index in [1.165, 1.54) is 5.56 Å². The molecule has 1 aromatic carbocycles. The number of nitrogens with zero attached hydrogens (tertiary/aromatic N) is 3. The number of pyridine rings is 1. The SMILES string of the molecule is Cc1cc(OCc2ccc(C(=O)N3CCN(Cc4cccnc4)CC3)o2)c(C(C)C)cc1Cl. The van der Waals surface area contributed by atoms with E-state index in [2.05, 4.69) is 29.8 Å². The molecule has 7 heteroatoms. The fourth-order valence-corrected chi connectivity index (χ4v) is 4.15. The highest BCUT2D eigenvalue weighted by Gasteiger charge is 2.24. The highest BCUT2D eigenvalue weighted by molar-refractivity contribution is 6.31. The molecule has 1 fully saturated rings. The van der Waals surface area contributed by atoms with Crippen molar-refractivity contribution < 1.29 is 13.9 Å². The molecule has 6 nitrogen and oxygen atoms in total. The molecule has 0 radical (unpaired) electrons. The number of furan rings is 1. The van der Waals surface area contributed by atoms with Gasteiger partial charge in [0.15, 0.2) is 5.76 Å². The summed E-state index contributed by atoms with van der Waals surface area (Å²) in [5.74, 6) is 1.97. The summed E-state index contributed by atoms with van der Waals surface area (Å²) >= 11 is 6.29. The van der Waals surface area contributed by atoms with Crippen molar-refractivity contribution >= 4 is 17.5 Å². The second-order valence-electron chi connectivity index (χ2n) is 8.78. The minimum Gasteiger partial charge on any atom is -0.485 e. The highest BCUT2D eigenvalue weighted by Crippen LogP contribution is 2.32. The van der Waals surface area contributed by atoms with E-state index in [0.717, 1.165) is 41.5 Å². The summed E-state index contributed by atoms with van der Waals surface area (Å²) in [7, 11) is 0. The van der Waals surface area contributed by atoms with Crippen molar-refractivity contribution in [3.8, 4) is 5.75 Å². The number of benzene rings is 1. The highest BCUT2D eigenvalue weighted by atomic mass is 35.5. The van der Waals surface area contributed by atoms with Crippen molar-refractivity contribution in [2.45, 2.75) is 39.8 Å². The Morgan fingerprint density at radius 3 is 2.67 bits per heavy atom. The minimum absolute atomic E-state index is 0.0764. The van der Waals surface area contributed by atoms with E-state index < -0.39 is 0 Å². The van der Waals surface area contributed by atoms with Crippen LogP contribution >= 0.6 is 11.6 Å². The molecule has 2 aromatic heterocycles. The summed E-state index contributed by atoms with van der Waals surface area (Å²) < 4.78 is 11.9. The van der Waals surface area contributed by atoms with Gasteiger partial charge < -0.3 is 14.1 Å². The van der Waals surface area contributed by atoms with Crippen molar-refractivity contribution in [2.24, 2.45) is 0 Å². The molecule has 3 heterocycles. The Bertz CT molecular complexity index is 1090. The Hall–Kier alpha value is -2.83. The number of ether oxygens (including phenoxy) is 1. The van der Waals surface area contributed by atoms with Gasteiger partial charge in [-0.25, -0.2) is 0 Å². The molecule has 3 aromatic rings. The average Bonchev–Trinajstić information content (AvgIpc) is 3.29. The summed E-state index contributed by atoms with van der Waals surface area (Å²) in [5, 5.41) is 0.734. The van der Waals surface area contributed by atoms with Crippen LogP contribution in [0.25, 0.3) is 0 Å². The van der Waals surface area contributed by atoms with Crippen LogP contribution in [0, 0.1) is 6.92 Å². The first kappa shape index (κ1) is 23.3. The van der Waals surface area contributed by atoms with Gasteiger partial charge in [-0.3, -0.25) is 14.7 Å². The number of carbonyl (C=O) groups excluding carboxylic acids is 1. The molecule has 0 atom stereocenters. The molecular weight excluding hydrogens is 438 g/mol. The minimum atomic E-state index is -0.0764. The number of hydrogen-bond donors (Lipinski definition) is 0. The van der Waals surface area contributed by atoms with Crippen molar-refractivity contribution in [1.82, 2.24) is 14.8 Å². The van der Waals surface area contributed by atoms with Gasteiger partial charge in [-0.15, -0.1) is 0 Å². The Morgan fingerprint density at radius 1 is 1.18 bits per heavy atom. The van der Waals surface area contributed by atoms with Gasteiger partial charge in [0.1, 0.15) is 18.1 Å². The summed E-state index contributed by atoms with van der Waals surface area (Å²) in [6.45, 7) is 10.3. The molecule has 1 aliphatic heterocycles. The van der Waals surface area contributed by atoms with Crippen LogP contribution in [-0.2, 0) is 13.2 Å². The molecule has 1 amide bonds. The van der Waals surface area contributed by atoms with E-state index in [-0.39, 0.29) is 18.4 Å². The molecule has 0 N–H and O–H groups in total. The first-order chi connectivity index (χ1) is 15.9. The van der Waals surface area contributed by atoms with Crippen molar-refractivity contribution in [3.05, 3.63) is 82.0 Å². The second kappa shape index (κ2) is 10.4. The second-order valence-corrected chi connectivity index (χ2v) is 9.19. The number of piperazine rings is 1. The van der Waals surface area contributed by atoms with E-state index in [1.807, 2.05) is 42.3 Å². The van der Waals surface area contributed by atoms with Gasteiger partial charge in [0.25, 0.3) is 5.91 Å². The molecule has 1 saturated heterocycles. The third kappa shape index (κ3) is 5.75. The van der Waals surface area contributed by atoms with Gasteiger partial charge in [0, 0.05) is 50.1 Å². The van der Waals surface area contributed by atoms with E-state index >= 15 is 0 Å². The van der Waals surface area contributed by atoms with E-state index in [4.69, 9.17) is 20.8 Å². The Kier molecular flexibility index (Phi) is 7.36. The summed E-state index contributed by atoms with van der Waals surface area (Å²) in [5.41, 5.74) is 3.20. The lowest BCUT2D eigenvalue weighted by atomic mass is 10.0. The molecule has 0 bridgehead atoms. The Labute approximate surface area is 200 Å². The fourth-order valence-electron chi connectivity index (χ4n) is 3.98. The van der Waals surface area contributed by atoms with Crippen LogP contribution in [0.2, 0.25) is 5.02 Å². The van der Waals surface area contributed by atoms with Gasteiger partial charge >= 0.3 is 0 Å². The van der Waals surface area contributed by atoms with E-state index in [9.17, 15) is 4.79 Å². The number of amides is 1. The molecule has 0 aliphatic carbocycles. The largest absolute Gasteiger partial charge is 0.485 e. The summed E-state index contributed by atoms with van der Waals surface area (Å²) in [6, 6.07) is 11.5. The topological polar surface area (TPSA) is 58.8 Å². The van der Waals surface area contributed by atoms with Gasteiger partial charge in [0.2, 0.25) is 0 Å². The average molecular weight is 468 g/mol. The van der Waals surface area contributed by atoms with Crippen LogP contribution in [0.1, 0.15) is 52.8 Å². The molecule has 1 aliphatic rings. The van der Waals surface area contributed by atoms with Crippen molar-refractivity contribution in [1.29, 1.82) is 0 Å². The number of aromatic nitrogens is 1. The predicted molar refractivity (Wildman–Crippen MR) is 129 cm³/mol. The maximum Gasteiger partial charge on any atom is 0.289 e. The zero-order valence-corrected chi connectivity index (χ0v) is 20.1. The smallest absolute Gasteiger partial charge is 0.289 e. The first-order valence-electron chi connectivity index (χ1n) is 11.3. The van der Waals surface area contributed by atoms with Gasteiger partial charge in [0.05, 0.1) is 0 Å². The van der Waals surface area contributed by atoms with E-state index in [0.29, 0.717) is 24.6 Å². The van der Waals surface area contributed by atoms with Crippen LogP contribution in [-0.4, -0.2) is 46.9 Å². The third-order valence-corrected chi connectivity index (χ3v) is 6.35. The monoisotopic (exact) mass is 467 g/mol. The molecule has 0 saturated carbocycles. The number of halogens is 1. The van der Waals surface area contributed by atoms with Crippen LogP contribution in [0.3, 0.4) is 0 Å². The van der Waals surface area contributed by atoms with Crippen LogP contribution < -0.4 is 4.74 Å². The normalized spacial score (nSPS) is 14.6. The van der Waals surface area contributed by atoms with Crippen molar-refractivity contribution in [2.75, 3.05) is 26.2 Å². The quantitative estimate of drug-likeness (QED) is 0.472. The molecule has 0 spiro atoms. The lowest BCUT2D eigenvalue weighted by Crippen LogP contribution is -2.48. The van der Waals surface area contributed by atoms with E-state index in [1.54, 1.807) is 12.3 Å². The first-order valence-corrected chi connectivity index (χ1v) is 11.7. The lowest BCUT2D eigenvalue weighted by Gasteiger charge is -2.34. The van der Waals surface area contributed by atoms with Crippen LogP contribution in [0.5, 0.6) is 5.75 Å². The van der Waals surface area contributed by atoms with Gasteiger partial charge in [-0.05, 0) is 59.9 Å². The molecule has 33 heavy (non-hydrogen) atoms. The maximum absolute atomic E-state index is 12.9. The number of carbonyl (C=O) groups is 1. The standard InChI is InChI=1S/C26H30ClN3O3/c1-18(2)22-14-23(27)19(3)13-25(22)32-17-21-6-7-24(33-21)26(31)30-11-9-29(10-12-30)16-20-5-4-8-28-15-20/h4-8,13-15,18H,9-12,16-17H2,1-3H3. The Balaban J connectivity index is 1.32. The molecule has 4 rings (SSSR count). The maximum atomic E-state index is 12.9. The van der Waals surface area contributed by atoms with Crippen LogP contribution in [0.15, 0.2) is 53.2 Å². The van der Waals surface area contributed by atoms with Gasteiger partial charge in [-0.2, -0.15) is 0 Å². The summed E-state index contributed by atoms with van der Waals surface area (Å²) in [4.78, 5) is 21.3. The zero-order chi connectivity index (χ0) is 23.4. The molecular formula is C26H30ClN3O3. The predicted octanol–water partition coefficient (Wildman–Crippen LogP) is 5.30. The number of aryl methyl sites for hydroxylation is 1. The van der Waals surface area contributed by atoms with Crippen LogP contribution in [0.4, 0.5) is 0 Å². The number of rotatable bonds is 7. The molecule has 174 valence electrons. The Morgan fingerprint density at radius 2 is 1.97 bits per heavy atom. The fraction of sp³-hybridized carbons (Fsp3) is 0.385. The lowest BCUT2D eigenvalue weighted by molar-refractivity contribution is 0.0594. The summed E-state index contributed by atoms with van der Waals surface area (Å²) in [6.07, 6.45) is 3.67.